The third kappa shape index (κ3) is 7.62. The number of carbonyl (C=O) groups excluding carboxylic acids is 4. The van der Waals surface area contributed by atoms with Gasteiger partial charge < -0.3 is 25.0 Å². The average Bonchev–Trinajstić information content (AvgIpc) is 3.84. The molecule has 4 amide bonds. The Hall–Kier alpha value is -5.45. The van der Waals surface area contributed by atoms with Gasteiger partial charge >= 0.3 is 6.09 Å². The summed E-state index contributed by atoms with van der Waals surface area (Å²) >= 11 is 1.50. The number of aromatic amines is 1. The van der Waals surface area contributed by atoms with Gasteiger partial charge in [-0.3, -0.25) is 19.7 Å². The number of alkyl carbamates (subject to hydrolysis) is 1. The van der Waals surface area contributed by atoms with Crippen molar-refractivity contribution in [3.63, 3.8) is 0 Å². The molecule has 16 nitrogen and oxygen atoms in total. The topological polar surface area (TPSA) is 206 Å². The Bertz CT molecular complexity index is 2020. The number of fused-ring (bicyclic) bond motifs is 3. The van der Waals surface area contributed by atoms with Crippen LogP contribution in [0.5, 0.6) is 5.88 Å². The lowest BCUT2D eigenvalue weighted by Crippen LogP contribution is -2.57. The number of aromatic nitrogens is 6. The van der Waals surface area contributed by atoms with Crippen molar-refractivity contribution >= 4 is 52.1 Å². The summed E-state index contributed by atoms with van der Waals surface area (Å²) < 4.78 is 12.3. The van der Waals surface area contributed by atoms with Gasteiger partial charge in [-0.05, 0) is 80.2 Å². The number of hydrogen-bond donors (Lipinski definition) is 4. The van der Waals surface area contributed by atoms with Crippen molar-refractivity contribution in [2.75, 3.05) is 11.9 Å². The Balaban J connectivity index is 1.10. The van der Waals surface area contributed by atoms with Crippen molar-refractivity contribution in [3.05, 3.63) is 53.9 Å². The number of H-pyrrole nitrogens is 1. The average molecular weight is 755 g/mol. The van der Waals surface area contributed by atoms with Gasteiger partial charge in [0, 0.05) is 12.3 Å². The second-order valence-electron chi connectivity index (χ2n) is 14.4. The van der Waals surface area contributed by atoms with Crippen molar-refractivity contribution in [2.24, 2.45) is 5.92 Å². The van der Waals surface area contributed by atoms with E-state index < -0.39 is 47.5 Å². The zero-order chi connectivity index (χ0) is 37.1. The summed E-state index contributed by atoms with van der Waals surface area (Å²) in [7, 11) is 0. The number of nitrogens with one attached hydrogen (secondary N) is 4. The monoisotopic (exact) mass is 754 g/mol. The highest BCUT2D eigenvalue weighted by molar-refractivity contribution is 7.13. The van der Waals surface area contributed by atoms with E-state index >= 15 is 0 Å². The maximum atomic E-state index is 14.6. The lowest BCUT2D eigenvalue weighted by atomic mass is 10.0. The molecule has 3 fully saturated rings. The SMILES string of the molecule is O=C(N[C@H]1CCCCC/C=C\C2C[C@@]2(C(=O)Nc2nn[nH]n2)NC(=O)[C@@H]2C[C@@H](Oc3nc4ccccc4nc3-c3cccs3)CN2C1=O)OC1CCCC1. The Morgan fingerprint density at radius 3 is 2.56 bits per heavy atom. The molecular weight excluding hydrogens is 713 g/mol. The minimum absolute atomic E-state index is 0.0169. The fraction of sp³-hybridized carbons (Fsp3) is 0.486. The van der Waals surface area contributed by atoms with Gasteiger partial charge in [0.1, 0.15) is 35.5 Å². The molecule has 8 rings (SSSR count). The number of para-hydroxylation sites is 2. The summed E-state index contributed by atoms with van der Waals surface area (Å²) in [6, 6.07) is 9.40. The quantitative estimate of drug-likeness (QED) is 0.196. The van der Waals surface area contributed by atoms with Gasteiger partial charge in [-0.15, -0.1) is 16.4 Å². The summed E-state index contributed by atoms with van der Waals surface area (Å²) in [5.74, 6) is -1.43. The maximum absolute atomic E-state index is 14.6. The van der Waals surface area contributed by atoms with Gasteiger partial charge in [0.15, 0.2) is 0 Å². The molecule has 0 bridgehead atoms. The van der Waals surface area contributed by atoms with Crippen molar-refractivity contribution < 1.29 is 28.7 Å². The van der Waals surface area contributed by atoms with Gasteiger partial charge in [0.25, 0.3) is 11.9 Å². The number of hydrogen-bond acceptors (Lipinski definition) is 12. The Labute approximate surface area is 314 Å². The van der Waals surface area contributed by atoms with Crippen molar-refractivity contribution in [1.29, 1.82) is 0 Å². The molecule has 1 saturated heterocycles. The molecule has 17 heteroatoms. The molecule has 54 heavy (non-hydrogen) atoms. The van der Waals surface area contributed by atoms with Crippen LogP contribution in [0.4, 0.5) is 10.7 Å². The minimum atomic E-state index is -1.29. The number of amides is 4. The van der Waals surface area contributed by atoms with E-state index in [2.05, 4.69) is 36.6 Å². The number of ether oxygens (including phenoxy) is 2. The summed E-state index contributed by atoms with van der Waals surface area (Å²) in [5, 5.41) is 24.0. The smallest absolute Gasteiger partial charge is 0.408 e. The first-order valence-electron chi connectivity index (χ1n) is 18.6. The van der Waals surface area contributed by atoms with Crippen molar-refractivity contribution in [2.45, 2.75) is 100 Å². The number of anilines is 1. The van der Waals surface area contributed by atoms with Crippen molar-refractivity contribution in [1.82, 2.24) is 46.1 Å². The Morgan fingerprint density at radius 2 is 1.78 bits per heavy atom. The first kappa shape index (κ1) is 35.6. The molecular formula is C37H42N10O6S. The first-order chi connectivity index (χ1) is 26.4. The van der Waals surface area contributed by atoms with Crippen LogP contribution in [0, 0.1) is 5.92 Å². The van der Waals surface area contributed by atoms with E-state index in [1.54, 1.807) is 0 Å². The van der Waals surface area contributed by atoms with E-state index in [9.17, 15) is 19.2 Å². The summed E-state index contributed by atoms with van der Waals surface area (Å²) in [5.41, 5.74) is 0.614. The van der Waals surface area contributed by atoms with E-state index in [4.69, 9.17) is 19.4 Å². The number of carbonyl (C=O) groups is 4. The van der Waals surface area contributed by atoms with Crippen LogP contribution in [0.15, 0.2) is 53.9 Å². The van der Waals surface area contributed by atoms with Gasteiger partial charge in [0.2, 0.25) is 17.7 Å². The molecule has 4 aliphatic rings. The third-order valence-electron chi connectivity index (χ3n) is 10.7. The predicted molar refractivity (Wildman–Crippen MR) is 197 cm³/mol. The zero-order valence-electron chi connectivity index (χ0n) is 29.6. The molecule has 2 saturated carbocycles. The zero-order valence-corrected chi connectivity index (χ0v) is 30.4. The van der Waals surface area contributed by atoms with Crippen LogP contribution in [0.3, 0.4) is 0 Å². The van der Waals surface area contributed by atoms with Crippen LogP contribution in [0.1, 0.15) is 70.6 Å². The fourth-order valence-electron chi connectivity index (χ4n) is 7.72. The molecule has 3 aromatic heterocycles. The van der Waals surface area contributed by atoms with Crippen LogP contribution in [-0.2, 0) is 19.1 Å². The predicted octanol–water partition coefficient (Wildman–Crippen LogP) is 4.29. The number of rotatable bonds is 7. The standard InChI is InChI=1S/C37H42N10O6S/c48-31-28-19-24(52-32-30(29-17-10-18-54-29)38-25-14-8-9-15-26(25)39-32)21-47(28)33(49)27(40-36(51)53-23-12-6-7-13-23)16-5-3-1-2-4-11-22-20-37(22,42-31)34(50)41-35-43-45-46-44-35/h4,8-11,14-15,17-18,22-24,27-28H,1-3,5-7,12-13,16,19-21H2,(H,40,51)(H,42,48)(H2,41,43,44,45,46,50)/b11-4-/t22?,24-,27+,28+,37-/m1/s1. The molecule has 2 aliphatic heterocycles. The second-order valence-corrected chi connectivity index (χ2v) is 15.3. The molecule has 5 atom stereocenters. The van der Waals surface area contributed by atoms with E-state index in [0.717, 1.165) is 49.8 Å². The second kappa shape index (κ2) is 15.5. The number of benzene rings is 1. The van der Waals surface area contributed by atoms with Gasteiger partial charge in [-0.1, -0.05) is 48.3 Å². The molecule has 0 spiro atoms. The van der Waals surface area contributed by atoms with E-state index in [-0.39, 0.29) is 36.8 Å². The number of tetrazole rings is 1. The maximum Gasteiger partial charge on any atom is 0.408 e. The Morgan fingerprint density at radius 1 is 0.963 bits per heavy atom. The van der Waals surface area contributed by atoms with Crippen LogP contribution in [-0.4, -0.2) is 95.7 Å². The van der Waals surface area contributed by atoms with Crippen LogP contribution >= 0.6 is 11.3 Å². The summed E-state index contributed by atoms with van der Waals surface area (Å²) in [6.07, 6.45) is 10.0. The summed E-state index contributed by atoms with van der Waals surface area (Å²) in [4.78, 5) is 68.0. The summed E-state index contributed by atoms with van der Waals surface area (Å²) in [6.45, 7) is 0.0382. The van der Waals surface area contributed by atoms with Gasteiger partial charge in [-0.2, -0.15) is 5.21 Å². The Kier molecular flexibility index (Phi) is 10.2. The third-order valence-corrected chi connectivity index (χ3v) is 11.5. The van der Waals surface area contributed by atoms with Crippen molar-refractivity contribution in [3.8, 4) is 16.5 Å². The molecule has 0 radical (unpaired) electrons. The van der Waals surface area contributed by atoms with Gasteiger partial charge in [0.05, 0.1) is 22.5 Å². The molecule has 4 aromatic rings. The van der Waals surface area contributed by atoms with Crippen LogP contribution in [0.2, 0.25) is 0 Å². The molecule has 1 aromatic carbocycles. The van der Waals surface area contributed by atoms with Crippen LogP contribution in [0.25, 0.3) is 21.6 Å². The highest BCUT2D eigenvalue weighted by atomic mass is 32.1. The highest BCUT2D eigenvalue weighted by Crippen LogP contribution is 2.46. The number of allylic oxidation sites excluding steroid dienone is 1. The van der Waals surface area contributed by atoms with Crippen LogP contribution < -0.4 is 20.7 Å². The fourth-order valence-corrected chi connectivity index (χ4v) is 8.43. The number of thiophene rings is 1. The first-order valence-corrected chi connectivity index (χ1v) is 19.5. The molecule has 1 unspecified atom stereocenters. The minimum Gasteiger partial charge on any atom is -0.471 e. The number of nitrogens with zero attached hydrogens (tertiary/aromatic N) is 6. The van der Waals surface area contributed by atoms with E-state index in [0.29, 0.717) is 36.0 Å². The normalized spacial score (nSPS) is 26.9. The highest BCUT2D eigenvalue weighted by Gasteiger charge is 2.61. The molecule has 2 aliphatic carbocycles. The lowest BCUT2D eigenvalue weighted by Gasteiger charge is -2.30. The lowest BCUT2D eigenvalue weighted by molar-refractivity contribution is -0.141. The largest absolute Gasteiger partial charge is 0.471 e. The molecule has 4 N–H and O–H groups in total. The van der Waals surface area contributed by atoms with E-state index in [1.165, 1.54) is 16.2 Å². The van der Waals surface area contributed by atoms with E-state index in [1.807, 2.05) is 53.9 Å². The van der Waals surface area contributed by atoms with Gasteiger partial charge in [-0.25, -0.2) is 14.8 Å². The molecule has 5 heterocycles. The molecule has 282 valence electrons.